The second kappa shape index (κ2) is 5.37. The Kier molecular flexibility index (Phi) is 4.41. The smallest absolute Gasteiger partial charge is 0.137 e. The van der Waals surface area contributed by atoms with E-state index in [4.69, 9.17) is 5.73 Å². The topological polar surface area (TPSA) is 67.6 Å². The van der Waals surface area contributed by atoms with Gasteiger partial charge in [-0.1, -0.05) is 0 Å². The van der Waals surface area contributed by atoms with E-state index in [1.54, 1.807) is 0 Å². The first-order valence-electron chi connectivity index (χ1n) is 4.17. The number of aromatic amines is 1. The zero-order chi connectivity index (χ0) is 9.97. The molecule has 1 heterocycles. The van der Waals surface area contributed by atoms with Crippen molar-refractivity contribution in [2.75, 3.05) is 5.73 Å². The van der Waals surface area contributed by atoms with E-state index in [-0.39, 0.29) is 22.4 Å². The Balaban J connectivity index is 0.00000112. The zero-order valence-corrected chi connectivity index (χ0v) is 10.1. The molecule has 0 saturated heterocycles. The van der Waals surface area contributed by atoms with Gasteiger partial charge in [0.25, 0.3) is 0 Å². The summed E-state index contributed by atoms with van der Waals surface area (Å²) in [6.45, 7) is 0. The predicted octanol–water partition coefficient (Wildman–Crippen LogP) is 1.26. The van der Waals surface area contributed by atoms with Gasteiger partial charge in [0.2, 0.25) is 0 Å². The number of nitrogens with one attached hydrogen (secondary N) is 1. The van der Waals surface area contributed by atoms with E-state index in [9.17, 15) is 0 Å². The summed E-state index contributed by atoms with van der Waals surface area (Å²) in [4.78, 5) is 4.90. The van der Waals surface area contributed by atoms with Crippen LogP contribution in [0.4, 0.5) is 5.69 Å². The molecule has 4 nitrogen and oxygen atoms in total. The number of rotatable bonds is 2. The minimum atomic E-state index is 0. The van der Waals surface area contributed by atoms with Crippen molar-refractivity contribution in [1.29, 1.82) is 0 Å². The summed E-state index contributed by atoms with van der Waals surface area (Å²) in [6.07, 6.45) is 2.18. The van der Waals surface area contributed by atoms with Crippen LogP contribution in [0.2, 0.25) is 0 Å². The van der Waals surface area contributed by atoms with Crippen LogP contribution in [0.25, 0.3) is 0 Å². The fourth-order valence-electron chi connectivity index (χ4n) is 1.31. The number of nitrogens with two attached hydrogens (primary N) is 1. The van der Waals surface area contributed by atoms with Crippen molar-refractivity contribution in [2.45, 2.75) is 11.3 Å². The van der Waals surface area contributed by atoms with E-state index >= 15 is 0 Å². The monoisotopic (exact) mass is 313 g/mol. The van der Waals surface area contributed by atoms with Crippen LogP contribution in [-0.4, -0.2) is 15.2 Å². The summed E-state index contributed by atoms with van der Waals surface area (Å²) < 4.78 is 0. The van der Waals surface area contributed by atoms with Gasteiger partial charge in [0.1, 0.15) is 12.2 Å². The van der Waals surface area contributed by atoms with E-state index in [0.29, 0.717) is 12.1 Å². The van der Waals surface area contributed by atoms with Crippen LogP contribution in [0.15, 0.2) is 29.4 Å². The Hall–Kier alpha value is -0.750. The molecule has 0 amide bonds. The minimum absolute atomic E-state index is 0. The zero-order valence-electron chi connectivity index (χ0n) is 7.74. The standard InChI is InChI=1S/C9H10N4S.Ag/c10-7-1-6(2-8(14)4-7)3-9-11-5-12-13-9;/h1-2,4-5,14H,3,10H2,(H,11,12,13);. The SMILES string of the molecule is Nc1cc(S)cc(Cc2ncn[nH]2)c1.[Ag]. The van der Waals surface area contributed by atoms with Gasteiger partial charge in [-0.25, -0.2) is 4.98 Å². The molecule has 15 heavy (non-hydrogen) atoms. The first-order chi connectivity index (χ1) is 6.74. The number of nitrogen functional groups attached to an aromatic ring is 1. The van der Waals surface area contributed by atoms with E-state index in [0.717, 1.165) is 16.3 Å². The summed E-state index contributed by atoms with van der Waals surface area (Å²) >= 11 is 4.25. The van der Waals surface area contributed by atoms with Crippen LogP contribution in [0, 0.1) is 0 Å². The van der Waals surface area contributed by atoms with Crippen molar-refractivity contribution in [3.63, 3.8) is 0 Å². The van der Waals surface area contributed by atoms with E-state index in [1.807, 2.05) is 18.2 Å². The van der Waals surface area contributed by atoms with Crippen molar-refractivity contribution < 1.29 is 22.4 Å². The molecule has 3 N–H and O–H groups in total. The number of anilines is 1. The molecule has 83 valence electrons. The molecule has 6 heteroatoms. The third kappa shape index (κ3) is 3.39. The molecular weight excluding hydrogens is 304 g/mol. The molecule has 0 atom stereocenters. The third-order valence-electron chi connectivity index (χ3n) is 1.84. The molecule has 2 aromatic rings. The number of nitrogens with zero attached hydrogens (tertiary/aromatic N) is 2. The van der Waals surface area contributed by atoms with Gasteiger partial charge < -0.3 is 5.73 Å². The fourth-order valence-corrected chi connectivity index (χ4v) is 1.63. The van der Waals surface area contributed by atoms with Gasteiger partial charge in [-0.05, 0) is 23.8 Å². The second-order valence-corrected chi connectivity index (χ2v) is 3.56. The van der Waals surface area contributed by atoms with Crippen molar-refractivity contribution in [3.8, 4) is 0 Å². The molecule has 0 aliphatic carbocycles. The maximum absolute atomic E-state index is 5.69. The van der Waals surface area contributed by atoms with Gasteiger partial charge in [0.05, 0.1) is 0 Å². The van der Waals surface area contributed by atoms with Gasteiger partial charge >= 0.3 is 0 Å². The van der Waals surface area contributed by atoms with Crippen LogP contribution in [0.5, 0.6) is 0 Å². The summed E-state index contributed by atoms with van der Waals surface area (Å²) in [6, 6.07) is 5.68. The van der Waals surface area contributed by atoms with Gasteiger partial charge in [-0.3, -0.25) is 5.10 Å². The number of thiol groups is 1. The predicted molar refractivity (Wildman–Crippen MR) is 57.3 cm³/mol. The molecule has 0 spiro atoms. The summed E-state index contributed by atoms with van der Waals surface area (Å²) in [7, 11) is 0. The van der Waals surface area contributed by atoms with Gasteiger partial charge in [-0.15, -0.1) is 12.6 Å². The molecule has 1 aromatic carbocycles. The molecule has 0 unspecified atom stereocenters. The maximum atomic E-state index is 5.69. The normalized spacial score (nSPS) is 9.67. The molecule has 0 aliphatic rings. The van der Waals surface area contributed by atoms with Crippen LogP contribution >= 0.6 is 12.6 Å². The Labute approximate surface area is 109 Å². The quantitative estimate of drug-likeness (QED) is 0.444. The van der Waals surface area contributed by atoms with E-state index in [2.05, 4.69) is 27.8 Å². The Morgan fingerprint density at radius 1 is 1.33 bits per heavy atom. The first kappa shape index (κ1) is 12.3. The molecule has 0 saturated carbocycles. The van der Waals surface area contributed by atoms with Gasteiger partial charge in [0, 0.05) is 39.4 Å². The third-order valence-corrected chi connectivity index (χ3v) is 2.09. The molecule has 2 rings (SSSR count). The molecule has 0 aliphatic heterocycles. The number of H-pyrrole nitrogens is 1. The van der Waals surface area contributed by atoms with Crippen LogP contribution in [0.1, 0.15) is 11.4 Å². The Morgan fingerprint density at radius 3 is 2.73 bits per heavy atom. The van der Waals surface area contributed by atoms with Crippen LogP contribution in [-0.2, 0) is 28.8 Å². The minimum Gasteiger partial charge on any atom is -0.399 e. The van der Waals surface area contributed by atoms with E-state index < -0.39 is 0 Å². The van der Waals surface area contributed by atoms with E-state index in [1.165, 1.54) is 6.33 Å². The summed E-state index contributed by atoms with van der Waals surface area (Å²) in [5.74, 6) is 0.823. The summed E-state index contributed by atoms with van der Waals surface area (Å²) in [5, 5.41) is 6.57. The van der Waals surface area contributed by atoms with Crippen molar-refractivity contribution in [1.82, 2.24) is 15.2 Å². The second-order valence-electron chi connectivity index (χ2n) is 3.04. The molecule has 1 radical (unpaired) electrons. The Bertz CT molecular complexity index is 409. The fraction of sp³-hybridized carbons (Fsp3) is 0.111. The largest absolute Gasteiger partial charge is 0.399 e. The number of hydrogen-bond donors (Lipinski definition) is 3. The molecular formula is C9H10AgN4S. The number of benzene rings is 1. The van der Waals surface area contributed by atoms with Crippen molar-refractivity contribution >= 4 is 18.3 Å². The number of aromatic nitrogens is 3. The van der Waals surface area contributed by atoms with Gasteiger partial charge in [-0.2, -0.15) is 5.10 Å². The van der Waals surface area contributed by atoms with Crippen molar-refractivity contribution in [3.05, 3.63) is 35.9 Å². The summed E-state index contributed by atoms with van der Waals surface area (Å²) in [5.41, 5.74) is 7.48. The number of hydrogen-bond acceptors (Lipinski definition) is 4. The van der Waals surface area contributed by atoms with Crippen LogP contribution < -0.4 is 5.73 Å². The maximum Gasteiger partial charge on any atom is 0.137 e. The average molecular weight is 314 g/mol. The average Bonchev–Trinajstić information content (AvgIpc) is 2.54. The van der Waals surface area contributed by atoms with Gasteiger partial charge in [0.15, 0.2) is 0 Å². The molecule has 1 aromatic heterocycles. The Morgan fingerprint density at radius 2 is 2.13 bits per heavy atom. The first-order valence-corrected chi connectivity index (χ1v) is 4.61. The molecule has 0 bridgehead atoms. The van der Waals surface area contributed by atoms with Crippen molar-refractivity contribution in [2.24, 2.45) is 0 Å². The van der Waals surface area contributed by atoms with Crippen LogP contribution in [0.3, 0.4) is 0 Å². The molecule has 0 fully saturated rings.